The number of carbonyl (C=O) groups excluding carboxylic acids is 1. The minimum Gasteiger partial charge on any atom is -0.480 e. The average Bonchev–Trinajstić information content (AvgIpc) is 3.28. The van der Waals surface area contributed by atoms with E-state index in [0.29, 0.717) is 37.6 Å². The molecule has 13 heteroatoms. The number of methoxy groups -OCH3 is 1. The molecule has 12 nitrogen and oxygen atoms in total. The number of fused-ring (bicyclic) bond motifs is 3. The van der Waals surface area contributed by atoms with Crippen molar-refractivity contribution in [1.29, 1.82) is 0 Å². The molecule has 2 aromatic rings. The van der Waals surface area contributed by atoms with E-state index >= 15 is 0 Å². The summed E-state index contributed by atoms with van der Waals surface area (Å²) in [6.07, 6.45) is 2.10. The highest BCUT2D eigenvalue weighted by Gasteiger charge is 2.47. The summed E-state index contributed by atoms with van der Waals surface area (Å²) in [5.74, 6) is 1.46. The van der Waals surface area contributed by atoms with Crippen LogP contribution in [0.3, 0.4) is 0 Å². The summed E-state index contributed by atoms with van der Waals surface area (Å²) in [4.78, 5) is 19.4. The summed E-state index contributed by atoms with van der Waals surface area (Å²) in [7, 11) is -2.85. The van der Waals surface area contributed by atoms with E-state index in [4.69, 9.17) is 28.0 Å². The fourth-order valence-electron chi connectivity index (χ4n) is 4.15. The maximum Gasteiger partial charge on any atom is 0.651 e. The minimum absolute atomic E-state index is 0.0865. The number of aromatic nitrogens is 3. The Morgan fingerprint density at radius 2 is 2.03 bits per heavy atom. The zero-order valence-corrected chi connectivity index (χ0v) is 19.2. The summed E-state index contributed by atoms with van der Waals surface area (Å²) in [5, 5.41) is 9.88. The highest BCUT2D eigenvalue weighted by molar-refractivity contribution is 7.50. The van der Waals surface area contributed by atoms with Crippen LogP contribution >= 0.6 is 7.82 Å². The second kappa shape index (κ2) is 8.68. The second-order valence-corrected chi connectivity index (χ2v) is 9.35. The van der Waals surface area contributed by atoms with Crippen molar-refractivity contribution >= 4 is 25.6 Å². The maximum absolute atomic E-state index is 13.3. The van der Waals surface area contributed by atoms with Crippen molar-refractivity contribution in [3.8, 4) is 17.4 Å². The number of phosphoric acid groups is 1. The monoisotopic (exact) mass is 477 g/mol. The smallest absolute Gasteiger partial charge is 0.480 e. The molecule has 3 aliphatic heterocycles. The Morgan fingerprint density at radius 3 is 2.76 bits per heavy atom. The van der Waals surface area contributed by atoms with Crippen molar-refractivity contribution < 1.29 is 32.4 Å². The van der Waals surface area contributed by atoms with Gasteiger partial charge in [-0.25, -0.2) is 9.78 Å². The molecule has 0 radical (unpaired) electrons. The Hall–Kier alpha value is -3.11. The fourth-order valence-corrected chi connectivity index (χ4v) is 5.32. The number of anilines is 2. The third-order valence-corrected chi connectivity index (χ3v) is 6.96. The highest BCUT2D eigenvalue weighted by atomic mass is 31.2. The van der Waals surface area contributed by atoms with E-state index in [1.807, 2.05) is 0 Å². The van der Waals surface area contributed by atoms with Crippen molar-refractivity contribution in [2.45, 2.75) is 38.6 Å². The standard InChI is InChI=1S/C20H24N5O7P/c1-12-4-3-9-25(12)19-18-17(13-7-10-29-11-8-14(13)21-19)30-33(27,31-18)32-20(26)22-15-5-6-16(28-2)24-23-15/h5-6,12H,3-4,7-11H2,1-2H3,(H,22,23,26)/t12-,33?/m1/s1. The number of amides is 1. The van der Waals surface area contributed by atoms with Gasteiger partial charge in [0, 0.05) is 37.1 Å². The van der Waals surface area contributed by atoms with Crippen LogP contribution < -0.4 is 24.0 Å². The zero-order chi connectivity index (χ0) is 23.0. The van der Waals surface area contributed by atoms with E-state index in [9.17, 15) is 9.36 Å². The molecule has 1 fully saturated rings. The van der Waals surface area contributed by atoms with Gasteiger partial charge in [0.25, 0.3) is 0 Å². The summed E-state index contributed by atoms with van der Waals surface area (Å²) in [5.41, 5.74) is 1.58. The largest absolute Gasteiger partial charge is 0.651 e. The van der Waals surface area contributed by atoms with Crippen LogP contribution in [0.1, 0.15) is 31.0 Å². The SMILES string of the molecule is COc1ccc(NC(=O)OP2(=O)Oc3c(N4CCC[C@H]4C)nc4c(c3O2)CCOCC4)nn1. The van der Waals surface area contributed by atoms with Crippen LogP contribution in [-0.2, 0) is 26.7 Å². The number of carbonyl (C=O) groups is 1. The molecular weight excluding hydrogens is 453 g/mol. The molecular formula is C20H24N5O7P. The van der Waals surface area contributed by atoms with Crippen molar-refractivity contribution in [2.24, 2.45) is 0 Å². The number of hydrogen-bond donors (Lipinski definition) is 1. The molecule has 1 unspecified atom stereocenters. The molecule has 3 aliphatic rings. The van der Waals surface area contributed by atoms with Crippen molar-refractivity contribution in [3.63, 3.8) is 0 Å². The van der Waals surface area contributed by atoms with Gasteiger partial charge < -0.3 is 27.9 Å². The Kier molecular flexibility index (Phi) is 5.71. The van der Waals surface area contributed by atoms with Gasteiger partial charge in [0.15, 0.2) is 17.4 Å². The van der Waals surface area contributed by atoms with Gasteiger partial charge in [-0.05, 0) is 25.8 Å². The van der Waals surface area contributed by atoms with Crippen LogP contribution in [0.4, 0.5) is 16.4 Å². The maximum atomic E-state index is 13.3. The molecule has 0 spiro atoms. The molecule has 1 saturated heterocycles. The molecule has 2 aromatic heterocycles. The van der Waals surface area contributed by atoms with Crippen molar-refractivity contribution in [3.05, 3.63) is 23.4 Å². The van der Waals surface area contributed by atoms with Gasteiger partial charge in [-0.15, -0.1) is 10.2 Å². The van der Waals surface area contributed by atoms with E-state index in [-0.39, 0.29) is 23.5 Å². The highest BCUT2D eigenvalue weighted by Crippen LogP contribution is 2.63. The summed E-state index contributed by atoms with van der Waals surface area (Å²) in [6, 6.07) is 3.21. The summed E-state index contributed by atoms with van der Waals surface area (Å²) >= 11 is 0. The van der Waals surface area contributed by atoms with Gasteiger partial charge in [0.2, 0.25) is 11.6 Å². The second-order valence-electron chi connectivity index (χ2n) is 7.91. The van der Waals surface area contributed by atoms with Gasteiger partial charge in [0.1, 0.15) is 0 Å². The van der Waals surface area contributed by atoms with E-state index < -0.39 is 13.9 Å². The molecule has 33 heavy (non-hydrogen) atoms. The van der Waals surface area contributed by atoms with E-state index in [0.717, 1.165) is 30.6 Å². The number of phosphoric ester groups is 1. The first-order valence-corrected chi connectivity index (χ1v) is 12.2. The molecule has 2 atom stereocenters. The van der Waals surface area contributed by atoms with Crippen molar-refractivity contribution in [1.82, 2.24) is 15.2 Å². The van der Waals surface area contributed by atoms with Crippen LogP contribution in [0, 0.1) is 0 Å². The van der Waals surface area contributed by atoms with Crippen LogP contribution in [0.15, 0.2) is 12.1 Å². The number of nitrogens with one attached hydrogen (secondary N) is 1. The molecule has 0 saturated carbocycles. The Bertz CT molecular complexity index is 1110. The van der Waals surface area contributed by atoms with E-state index in [1.54, 1.807) is 0 Å². The summed E-state index contributed by atoms with van der Waals surface area (Å²) < 4.78 is 40.3. The van der Waals surface area contributed by atoms with E-state index in [2.05, 4.69) is 27.3 Å². The van der Waals surface area contributed by atoms with Gasteiger partial charge in [-0.2, -0.15) is 4.57 Å². The molecule has 1 N–H and O–H groups in total. The van der Waals surface area contributed by atoms with Crippen LogP contribution in [0.5, 0.6) is 17.4 Å². The Labute approximate surface area is 190 Å². The number of ether oxygens (including phenoxy) is 2. The Morgan fingerprint density at radius 1 is 1.21 bits per heavy atom. The minimum atomic E-state index is -4.30. The molecule has 5 heterocycles. The first-order valence-electron chi connectivity index (χ1n) is 10.7. The zero-order valence-electron chi connectivity index (χ0n) is 18.3. The Balaban J connectivity index is 1.41. The van der Waals surface area contributed by atoms with Gasteiger partial charge in [-0.3, -0.25) is 5.32 Å². The molecule has 0 aromatic carbocycles. The van der Waals surface area contributed by atoms with Crippen LogP contribution in [0.25, 0.3) is 0 Å². The number of hydrogen-bond acceptors (Lipinski definition) is 11. The van der Waals surface area contributed by atoms with Crippen molar-refractivity contribution in [2.75, 3.05) is 37.1 Å². The quantitative estimate of drug-likeness (QED) is 0.651. The normalized spacial score (nSPS) is 23.6. The van der Waals surface area contributed by atoms with Gasteiger partial charge in [0.05, 0.1) is 26.0 Å². The predicted octanol–water partition coefficient (Wildman–Crippen LogP) is 3.11. The summed E-state index contributed by atoms with van der Waals surface area (Å²) in [6.45, 7) is 3.91. The number of nitrogens with zero attached hydrogens (tertiary/aromatic N) is 4. The molecule has 0 aliphatic carbocycles. The third-order valence-electron chi connectivity index (χ3n) is 5.76. The first kappa shape index (κ1) is 21.7. The molecule has 0 bridgehead atoms. The molecule has 176 valence electrons. The lowest BCUT2D eigenvalue weighted by Crippen LogP contribution is -2.28. The van der Waals surface area contributed by atoms with Gasteiger partial charge >= 0.3 is 13.9 Å². The number of pyridine rings is 1. The van der Waals surface area contributed by atoms with E-state index in [1.165, 1.54) is 19.2 Å². The lowest BCUT2D eigenvalue weighted by molar-refractivity contribution is 0.146. The van der Waals surface area contributed by atoms with Gasteiger partial charge in [-0.1, -0.05) is 0 Å². The fraction of sp³-hybridized carbons (Fsp3) is 0.500. The van der Waals surface area contributed by atoms with Crippen LogP contribution in [-0.4, -0.2) is 54.2 Å². The topological polar surface area (TPSA) is 134 Å². The molecule has 1 amide bonds. The average molecular weight is 477 g/mol. The first-order chi connectivity index (χ1) is 16.0. The third kappa shape index (κ3) is 4.28. The lowest BCUT2D eigenvalue weighted by Gasteiger charge is -2.24. The van der Waals surface area contributed by atoms with Crippen LogP contribution in [0.2, 0.25) is 0 Å². The number of rotatable bonds is 4. The lowest BCUT2D eigenvalue weighted by atomic mass is 10.1. The predicted molar refractivity (Wildman–Crippen MR) is 116 cm³/mol. The molecule has 5 rings (SSSR count).